The Labute approximate surface area is 112 Å². The third-order valence-corrected chi connectivity index (χ3v) is 3.29. The van der Waals surface area contributed by atoms with Crippen LogP contribution in [0, 0.1) is 0 Å². The van der Waals surface area contributed by atoms with Gasteiger partial charge in [-0.1, -0.05) is 12.1 Å². The molecule has 0 saturated heterocycles. The summed E-state index contributed by atoms with van der Waals surface area (Å²) in [6.45, 7) is 2.94. The van der Waals surface area contributed by atoms with Gasteiger partial charge in [0, 0.05) is 36.7 Å². The summed E-state index contributed by atoms with van der Waals surface area (Å²) in [6, 6.07) is 10.4. The summed E-state index contributed by atoms with van der Waals surface area (Å²) in [7, 11) is 0. The van der Waals surface area contributed by atoms with Crippen molar-refractivity contribution < 1.29 is 0 Å². The number of pyridine rings is 2. The molecule has 1 atom stereocenters. The molecule has 0 bridgehead atoms. The first kappa shape index (κ1) is 11.9. The lowest BCUT2D eigenvalue weighted by molar-refractivity contribution is 0.574. The maximum Gasteiger partial charge on any atom is 0.0706 e. The molecule has 3 aromatic heterocycles. The minimum atomic E-state index is 0.271. The lowest BCUT2D eigenvalue weighted by Gasteiger charge is -2.13. The molecule has 0 aliphatic heterocycles. The minimum absolute atomic E-state index is 0.271. The predicted molar refractivity (Wildman–Crippen MR) is 74.7 cm³/mol. The number of nitrogens with zero attached hydrogens (tertiary/aromatic N) is 3. The van der Waals surface area contributed by atoms with Gasteiger partial charge >= 0.3 is 0 Å². The SMILES string of the molecule is C[C@H](NCc1cnn2ccccc12)c1cccnc1. The van der Waals surface area contributed by atoms with E-state index in [1.807, 2.05) is 41.3 Å². The average Bonchev–Trinajstić information content (AvgIpc) is 2.89. The Morgan fingerprint density at radius 3 is 3.00 bits per heavy atom. The Morgan fingerprint density at radius 1 is 1.21 bits per heavy atom. The summed E-state index contributed by atoms with van der Waals surface area (Å²) >= 11 is 0. The zero-order valence-electron chi connectivity index (χ0n) is 10.8. The van der Waals surface area contributed by atoms with E-state index >= 15 is 0 Å². The highest BCUT2D eigenvalue weighted by molar-refractivity contribution is 5.53. The Kier molecular flexibility index (Phi) is 3.25. The topological polar surface area (TPSA) is 42.2 Å². The van der Waals surface area contributed by atoms with E-state index in [-0.39, 0.29) is 6.04 Å². The highest BCUT2D eigenvalue weighted by Gasteiger charge is 2.07. The zero-order valence-corrected chi connectivity index (χ0v) is 10.8. The predicted octanol–water partition coefficient (Wildman–Crippen LogP) is 2.58. The van der Waals surface area contributed by atoms with E-state index in [0.29, 0.717) is 0 Å². The van der Waals surface area contributed by atoms with Crippen molar-refractivity contribution in [1.82, 2.24) is 19.9 Å². The number of fused-ring (bicyclic) bond motifs is 1. The van der Waals surface area contributed by atoms with E-state index in [4.69, 9.17) is 0 Å². The summed E-state index contributed by atoms with van der Waals surface area (Å²) in [5.74, 6) is 0. The van der Waals surface area contributed by atoms with Gasteiger partial charge in [0.1, 0.15) is 0 Å². The van der Waals surface area contributed by atoms with Crippen LogP contribution in [0.2, 0.25) is 0 Å². The summed E-state index contributed by atoms with van der Waals surface area (Å²) in [6.07, 6.45) is 7.57. The Morgan fingerprint density at radius 2 is 2.16 bits per heavy atom. The van der Waals surface area contributed by atoms with Crippen LogP contribution in [0.5, 0.6) is 0 Å². The van der Waals surface area contributed by atoms with E-state index in [1.165, 1.54) is 11.1 Å². The Balaban J connectivity index is 1.73. The molecule has 3 heterocycles. The van der Waals surface area contributed by atoms with Gasteiger partial charge in [-0.25, -0.2) is 4.52 Å². The van der Waals surface area contributed by atoms with Crippen molar-refractivity contribution in [1.29, 1.82) is 0 Å². The molecule has 4 heteroatoms. The number of nitrogens with one attached hydrogen (secondary N) is 1. The van der Waals surface area contributed by atoms with Crippen LogP contribution in [0.1, 0.15) is 24.1 Å². The number of hydrogen-bond acceptors (Lipinski definition) is 3. The molecule has 4 nitrogen and oxygen atoms in total. The molecule has 0 aliphatic carbocycles. The second-order valence-corrected chi connectivity index (χ2v) is 4.59. The summed E-state index contributed by atoms with van der Waals surface area (Å²) < 4.78 is 1.89. The molecule has 19 heavy (non-hydrogen) atoms. The van der Waals surface area contributed by atoms with Crippen molar-refractivity contribution in [2.24, 2.45) is 0 Å². The van der Waals surface area contributed by atoms with Crippen LogP contribution in [0.25, 0.3) is 5.52 Å². The highest BCUT2D eigenvalue weighted by Crippen LogP contribution is 2.14. The molecule has 0 spiro atoms. The number of hydrogen-bond donors (Lipinski definition) is 1. The fourth-order valence-corrected chi connectivity index (χ4v) is 2.14. The highest BCUT2D eigenvalue weighted by atomic mass is 15.2. The lowest BCUT2D eigenvalue weighted by Crippen LogP contribution is -2.18. The number of aromatic nitrogens is 3. The van der Waals surface area contributed by atoms with Crippen molar-refractivity contribution in [3.8, 4) is 0 Å². The average molecular weight is 252 g/mol. The summed E-state index contributed by atoms with van der Waals surface area (Å²) in [5, 5.41) is 7.83. The van der Waals surface area contributed by atoms with Crippen molar-refractivity contribution in [2.45, 2.75) is 19.5 Å². The normalized spacial score (nSPS) is 12.7. The maximum absolute atomic E-state index is 4.33. The molecule has 0 aromatic carbocycles. The molecule has 3 rings (SSSR count). The van der Waals surface area contributed by atoms with Gasteiger partial charge in [0.2, 0.25) is 0 Å². The van der Waals surface area contributed by atoms with Gasteiger partial charge in [0.15, 0.2) is 0 Å². The van der Waals surface area contributed by atoms with E-state index < -0.39 is 0 Å². The Bertz CT molecular complexity index is 660. The van der Waals surface area contributed by atoms with Gasteiger partial charge in [-0.05, 0) is 30.7 Å². The van der Waals surface area contributed by atoms with Crippen LogP contribution in [-0.2, 0) is 6.54 Å². The van der Waals surface area contributed by atoms with E-state index in [9.17, 15) is 0 Å². The molecular weight excluding hydrogens is 236 g/mol. The van der Waals surface area contributed by atoms with Crippen LogP contribution in [0.4, 0.5) is 0 Å². The standard InChI is InChI=1S/C15H16N4/c1-12(13-5-4-7-16-9-13)17-10-14-11-18-19-8-3-2-6-15(14)19/h2-9,11-12,17H,10H2,1H3/t12-/m0/s1. The molecule has 1 N–H and O–H groups in total. The number of rotatable bonds is 4. The quantitative estimate of drug-likeness (QED) is 0.776. The minimum Gasteiger partial charge on any atom is -0.306 e. The van der Waals surface area contributed by atoms with Crippen LogP contribution in [0.15, 0.2) is 55.1 Å². The van der Waals surface area contributed by atoms with E-state index in [0.717, 1.165) is 12.1 Å². The van der Waals surface area contributed by atoms with Crippen molar-refractivity contribution in [3.05, 3.63) is 66.2 Å². The van der Waals surface area contributed by atoms with Gasteiger partial charge in [0.25, 0.3) is 0 Å². The van der Waals surface area contributed by atoms with Crippen LogP contribution >= 0.6 is 0 Å². The van der Waals surface area contributed by atoms with Crippen molar-refractivity contribution >= 4 is 5.52 Å². The van der Waals surface area contributed by atoms with Gasteiger partial charge in [-0.2, -0.15) is 5.10 Å². The summed E-state index contributed by atoms with van der Waals surface area (Å²) in [5.41, 5.74) is 3.55. The van der Waals surface area contributed by atoms with Crippen molar-refractivity contribution in [3.63, 3.8) is 0 Å². The fourth-order valence-electron chi connectivity index (χ4n) is 2.14. The molecule has 3 aromatic rings. The van der Waals surface area contributed by atoms with Gasteiger partial charge in [0.05, 0.1) is 11.7 Å². The van der Waals surface area contributed by atoms with Crippen LogP contribution in [-0.4, -0.2) is 14.6 Å². The molecule has 0 amide bonds. The van der Waals surface area contributed by atoms with E-state index in [1.54, 1.807) is 6.20 Å². The monoisotopic (exact) mass is 252 g/mol. The molecule has 0 radical (unpaired) electrons. The molecule has 0 saturated carbocycles. The molecule has 0 fully saturated rings. The van der Waals surface area contributed by atoms with Crippen molar-refractivity contribution in [2.75, 3.05) is 0 Å². The second-order valence-electron chi connectivity index (χ2n) is 4.59. The van der Waals surface area contributed by atoms with Gasteiger partial charge < -0.3 is 5.32 Å². The molecule has 0 aliphatic rings. The Hall–Kier alpha value is -2.20. The van der Waals surface area contributed by atoms with E-state index in [2.05, 4.69) is 34.5 Å². The van der Waals surface area contributed by atoms with Gasteiger partial charge in [-0.15, -0.1) is 0 Å². The third-order valence-electron chi connectivity index (χ3n) is 3.29. The smallest absolute Gasteiger partial charge is 0.0706 e. The fraction of sp³-hybridized carbons (Fsp3) is 0.200. The molecular formula is C15H16N4. The zero-order chi connectivity index (χ0) is 13.1. The first-order valence-corrected chi connectivity index (χ1v) is 6.39. The maximum atomic E-state index is 4.33. The van der Waals surface area contributed by atoms with Crippen LogP contribution in [0.3, 0.4) is 0 Å². The summed E-state index contributed by atoms with van der Waals surface area (Å²) in [4.78, 5) is 4.14. The third kappa shape index (κ3) is 2.48. The van der Waals surface area contributed by atoms with Crippen LogP contribution < -0.4 is 5.32 Å². The largest absolute Gasteiger partial charge is 0.306 e. The first-order valence-electron chi connectivity index (χ1n) is 6.39. The van der Waals surface area contributed by atoms with Gasteiger partial charge in [-0.3, -0.25) is 4.98 Å². The lowest BCUT2D eigenvalue weighted by atomic mass is 10.1. The molecule has 96 valence electrons. The molecule has 0 unspecified atom stereocenters. The second kappa shape index (κ2) is 5.20. The first-order chi connectivity index (χ1) is 9.34.